The summed E-state index contributed by atoms with van der Waals surface area (Å²) in [5.41, 5.74) is 0.713. The lowest BCUT2D eigenvalue weighted by Gasteiger charge is -2.29. The van der Waals surface area contributed by atoms with E-state index in [0.717, 1.165) is 0 Å². The van der Waals surface area contributed by atoms with Crippen molar-refractivity contribution in [3.63, 3.8) is 0 Å². The molecule has 2 heterocycles. The molecule has 1 aromatic rings. The van der Waals surface area contributed by atoms with Gasteiger partial charge in [-0.3, -0.25) is 9.69 Å². The van der Waals surface area contributed by atoms with Crippen LogP contribution >= 0.6 is 12.2 Å². The number of hydrogen-bond acceptors (Lipinski definition) is 7. The number of amides is 2. The highest BCUT2D eigenvalue weighted by Crippen LogP contribution is 2.28. The van der Waals surface area contributed by atoms with E-state index in [1.807, 2.05) is 0 Å². The molecule has 2 amide bonds. The molecule has 1 fully saturated rings. The summed E-state index contributed by atoms with van der Waals surface area (Å²) in [6.45, 7) is 2.74. The number of nitrogens with one attached hydrogen (secondary N) is 1. The van der Waals surface area contributed by atoms with Crippen LogP contribution in [0.5, 0.6) is 0 Å². The van der Waals surface area contributed by atoms with E-state index in [1.165, 1.54) is 36.3 Å². The quantitative estimate of drug-likeness (QED) is 0.750. The molecule has 9 nitrogen and oxygen atoms in total. The van der Waals surface area contributed by atoms with Gasteiger partial charge >= 0.3 is 6.09 Å². The average molecular weight is 409 g/mol. The number of halogens is 1. The number of benzene rings is 1. The lowest BCUT2D eigenvalue weighted by atomic mass is 10.2. The first-order chi connectivity index (χ1) is 13.4. The molecule has 150 valence electrons. The highest BCUT2D eigenvalue weighted by Gasteiger charge is 2.33. The zero-order chi connectivity index (χ0) is 20.3. The van der Waals surface area contributed by atoms with Gasteiger partial charge in [0.2, 0.25) is 5.91 Å². The summed E-state index contributed by atoms with van der Waals surface area (Å²) in [6, 6.07) is 4.49. The summed E-state index contributed by atoms with van der Waals surface area (Å²) in [5, 5.41) is 8.49. The summed E-state index contributed by atoms with van der Waals surface area (Å²) < 4.78 is 24.8. The van der Waals surface area contributed by atoms with Crippen molar-refractivity contribution in [2.75, 3.05) is 43.1 Å². The van der Waals surface area contributed by atoms with Crippen LogP contribution in [0.2, 0.25) is 0 Å². The second-order valence-corrected chi connectivity index (χ2v) is 6.56. The minimum absolute atomic E-state index is 0.210. The number of carbonyl (C=O) groups excluding carboxylic acids is 2. The third kappa shape index (κ3) is 4.30. The molecule has 1 N–H and O–H groups in total. The maximum atomic E-state index is 14.7. The van der Waals surface area contributed by atoms with E-state index in [-0.39, 0.29) is 24.2 Å². The molecule has 1 atom stereocenters. The number of hydrazone groups is 1. The van der Waals surface area contributed by atoms with Gasteiger partial charge < -0.3 is 19.7 Å². The van der Waals surface area contributed by atoms with Crippen LogP contribution in [0.15, 0.2) is 23.3 Å². The van der Waals surface area contributed by atoms with Crippen molar-refractivity contribution in [1.29, 1.82) is 0 Å². The standard InChI is InChI=1S/C17H20FN5O4S/c1-11(24)19-8-13-9-22(16(25)27-13)12-3-4-15(14(18)7-12)21-5-6-23(20-10-21)17(28)26-2/h3-4,7,10,13H,5-6,8-9H2,1-2H3,(H,19,24). The van der Waals surface area contributed by atoms with Crippen molar-refractivity contribution in [2.24, 2.45) is 5.10 Å². The molecule has 0 aromatic heterocycles. The molecule has 0 aliphatic carbocycles. The Morgan fingerprint density at radius 3 is 2.86 bits per heavy atom. The minimum Gasteiger partial charge on any atom is -0.473 e. The summed E-state index contributed by atoms with van der Waals surface area (Å²) >= 11 is 5.01. The van der Waals surface area contributed by atoms with Crippen LogP contribution < -0.4 is 15.1 Å². The molecule has 1 unspecified atom stereocenters. The van der Waals surface area contributed by atoms with E-state index in [4.69, 9.17) is 21.7 Å². The fraction of sp³-hybridized carbons (Fsp3) is 0.412. The van der Waals surface area contributed by atoms with Gasteiger partial charge in [0.05, 0.1) is 38.1 Å². The van der Waals surface area contributed by atoms with Gasteiger partial charge in [-0.05, 0) is 30.4 Å². The summed E-state index contributed by atoms with van der Waals surface area (Å²) in [6.07, 6.45) is 0.412. The first kappa shape index (κ1) is 19.8. The van der Waals surface area contributed by atoms with Gasteiger partial charge in [-0.1, -0.05) is 0 Å². The molecule has 1 saturated heterocycles. The lowest BCUT2D eigenvalue weighted by molar-refractivity contribution is -0.119. The Morgan fingerprint density at radius 2 is 2.25 bits per heavy atom. The summed E-state index contributed by atoms with van der Waals surface area (Å²) in [5.74, 6) is -0.706. The Morgan fingerprint density at radius 1 is 1.46 bits per heavy atom. The van der Waals surface area contributed by atoms with Gasteiger partial charge in [-0.25, -0.2) is 14.2 Å². The molecule has 2 aliphatic heterocycles. The van der Waals surface area contributed by atoms with Gasteiger partial charge in [0, 0.05) is 13.5 Å². The van der Waals surface area contributed by atoms with Crippen LogP contribution in [0.4, 0.5) is 20.6 Å². The Bertz CT molecular complexity index is 821. The second kappa shape index (κ2) is 8.38. The normalized spacial score (nSPS) is 18.9. The SMILES string of the molecule is COC(=S)N1CCN(c2ccc(N3CC(CNC(C)=O)OC3=O)cc2F)C=N1. The monoisotopic (exact) mass is 409 g/mol. The molecule has 0 saturated carbocycles. The Hall–Kier alpha value is -2.95. The van der Waals surface area contributed by atoms with E-state index in [2.05, 4.69) is 10.4 Å². The molecule has 0 bridgehead atoms. The van der Waals surface area contributed by atoms with E-state index in [9.17, 15) is 14.0 Å². The van der Waals surface area contributed by atoms with Crippen LogP contribution in [-0.2, 0) is 14.3 Å². The van der Waals surface area contributed by atoms with E-state index < -0.39 is 18.0 Å². The third-order valence-corrected chi connectivity index (χ3v) is 4.65. The molecule has 1 aromatic carbocycles. The number of methoxy groups -OCH3 is 1. The maximum Gasteiger partial charge on any atom is 0.414 e. The smallest absolute Gasteiger partial charge is 0.414 e. The number of anilines is 2. The molecule has 28 heavy (non-hydrogen) atoms. The summed E-state index contributed by atoms with van der Waals surface area (Å²) in [4.78, 5) is 26.0. The molecule has 2 aliphatic rings. The largest absolute Gasteiger partial charge is 0.473 e. The van der Waals surface area contributed by atoms with Crippen molar-refractivity contribution >= 4 is 47.1 Å². The van der Waals surface area contributed by atoms with E-state index in [0.29, 0.717) is 24.5 Å². The third-order valence-electron chi connectivity index (χ3n) is 4.27. The predicted molar refractivity (Wildman–Crippen MR) is 105 cm³/mol. The summed E-state index contributed by atoms with van der Waals surface area (Å²) in [7, 11) is 1.46. The van der Waals surface area contributed by atoms with Crippen LogP contribution in [-0.4, -0.2) is 67.9 Å². The lowest BCUT2D eigenvalue weighted by Crippen LogP contribution is -2.40. The zero-order valence-corrected chi connectivity index (χ0v) is 16.2. The van der Waals surface area contributed by atoms with Gasteiger partial charge in [-0.2, -0.15) is 5.10 Å². The molecular formula is C17H20FN5O4S. The number of rotatable bonds is 4. The Kier molecular flexibility index (Phi) is 5.93. The average Bonchev–Trinajstić information content (AvgIpc) is 3.06. The Balaban J connectivity index is 1.69. The topological polar surface area (TPSA) is 86.7 Å². The highest BCUT2D eigenvalue weighted by atomic mass is 32.1. The fourth-order valence-electron chi connectivity index (χ4n) is 2.86. The van der Waals surface area contributed by atoms with Crippen LogP contribution in [0.3, 0.4) is 0 Å². The first-order valence-corrected chi connectivity index (χ1v) is 8.98. The number of ether oxygens (including phenoxy) is 2. The van der Waals surface area contributed by atoms with Gasteiger partial charge in [0.1, 0.15) is 18.3 Å². The van der Waals surface area contributed by atoms with Gasteiger partial charge in [0.15, 0.2) is 0 Å². The van der Waals surface area contributed by atoms with Crippen molar-refractivity contribution in [3.05, 3.63) is 24.0 Å². The molecule has 0 radical (unpaired) electrons. The van der Waals surface area contributed by atoms with E-state index in [1.54, 1.807) is 17.0 Å². The van der Waals surface area contributed by atoms with Crippen LogP contribution in [0.25, 0.3) is 0 Å². The number of nitrogens with zero attached hydrogens (tertiary/aromatic N) is 4. The van der Waals surface area contributed by atoms with Crippen molar-refractivity contribution in [1.82, 2.24) is 10.3 Å². The fourth-order valence-corrected chi connectivity index (χ4v) is 3.00. The van der Waals surface area contributed by atoms with Crippen molar-refractivity contribution < 1.29 is 23.5 Å². The number of thiocarbonyl (C=S) groups is 1. The van der Waals surface area contributed by atoms with Crippen LogP contribution in [0.1, 0.15) is 6.92 Å². The second-order valence-electron chi connectivity index (χ2n) is 6.21. The van der Waals surface area contributed by atoms with Crippen molar-refractivity contribution in [2.45, 2.75) is 13.0 Å². The number of hydrogen-bond donors (Lipinski definition) is 1. The maximum absolute atomic E-state index is 14.7. The van der Waals surface area contributed by atoms with Gasteiger partial charge in [0.25, 0.3) is 5.17 Å². The highest BCUT2D eigenvalue weighted by molar-refractivity contribution is 7.80. The van der Waals surface area contributed by atoms with Crippen molar-refractivity contribution in [3.8, 4) is 0 Å². The van der Waals surface area contributed by atoms with Gasteiger partial charge in [-0.15, -0.1) is 0 Å². The first-order valence-electron chi connectivity index (χ1n) is 8.57. The molecule has 0 spiro atoms. The van der Waals surface area contributed by atoms with Crippen LogP contribution in [0, 0.1) is 5.82 Å². The number of cyclic esters (lactones) is 1. The molecular weight excluding hydrogens is 389 g/mol. The molecule has 3 rings (SSSR count). The minimum atomic E-state index is -0.578. The van der Waals surface area contributed by atoms with E-state index >= 15 is 0 Å². The predicted octanol–water partition coefficient (Wildman–Crippen LogP) is 1.28. The Labute approximate surface area is 166 Å². The zero-order valence-electron chi connectivity index (χ0n) is 15.4. The molecule has 11 heteroatoms. The number of carbonyl (C=O) groups is 2.